The van der Waals surface area contributed by atoms with Gasteiger partial charge in [-0.3, -0.25) is 0 Å². The van der Waals surface area contributed by atoms with E-state index in [9.17, 15) is 0 Å². The largest absolute Gasteiger partial charge is 0.381 e. The van der Waals surface area contributed by atoms with Gasteiger partial charge in [-0.05, 0) is 44.2 Å². The highest BCUT2D eigenvalue weighted by Crippen LogP contribution is 2.33. The number of aryl methyl sites for hydroxylation is 2. The molecule has 0 saturated carbocycles. The van der Waals surface area contributed by atoms with Crippen LogP contribution >= 0.6 is 11.6 Å². The summed E-state index contributed by atoms with van der Waals surface area (Å²) in [5, 5.41) is 0. The van der Waals surface area contributed by atoms with Crippen molar-refractivity contribution in [3.63, 3.8) is 0 Å². The topological polar surface area (TPSA) is 27.1 Å². The third-order valence-electron chi connectivity index (χ3n) is 4.66. The molecule has 1 aliphatic heterocycles. The van der Waals surface area contributed by atoms with Crippen LogP contribution in [0.3, 0.4) is 0 Å². The summed E-state index contributed by atoms with van der Waals surface area (Å²) in [7, 11) is 0. The molecular formula is C17H23ClN2O. The second-order valence-corrected chi connectivity index (χ2v) is 6.35. The number of rotatable bonds is 4. The van der Waals surface area contributed by atoms with Gasteiger partial charge in [0.25, 0.3) is 0 Å². The standard InChI is InChI=1S/C17H23ClN2O/c1-12-4-3-5-15-17(12)20(16(19-15)6-9-18)13(2)14-7-10-21-11-8-14/h3-5,13-14H,6-11H2,1-2H3. The van der Waals surface area contributed by atoms with Crippen LogP contribution in [0, 0.1) is 12.8 Å². The van der Waals surface area contributed by atoms with Gasteiger partial charge in [-0.25, -0.2) is 4.98 Å². The van der Waals surface area contributed by atoms with Crippen LogP contribution < -0.4 is 0 Å². The number of para-hydroxylation sites is 1. The molecule has 1 aliphatic rings. The summed E-state index contributed by atoms with van der Waals surface area (Å²) < 4.78 is 7.94. The van der Waals surface area contributed by atoms with Crippen LogP contribution in [0.5, 0.6) is 0 Å². The summed E-state index contributed by atoms with van der Waals surface area (Å²) in [6, 6.07) is 6.80. The van der Waals surface area contributed by atoms with Crippen molar-refractivity contribution >= 4 is 22.6 Å². The molecular weight excluding hydrogens is 284 g/mol. The van der Waals surface area contributed by atoms with Gasteiger partial charge in [0.1, 0.15) is 5.82 Å². The monoisotopic (exact) mass is 306 g/mol. The summed E-state index contributed by atoms with van der Waals surface area (Å²) in [6.45, 7) is 6.25. The van der Waals surface area contributed by atoms with Gasteiger partial charge >= 0.3 is 0 Å². The first-order valence-electron chi connectivity index (χ1n) is 7.82. The molecule has 21 heavy (non-hydrogen) atoms. The van der Waals surface area contributed by atoms with Crippen LogP contribution in [-0.4, -0.2) is 28.6 Å². The number of hydrogen-bond acceptors (Lipinski definition) is 2. The molecule has 1 unspecified atom stereocenters. The molecule has 2 heterocycles. The number of fused-ring (bicyclic) bond motifs is 1. The number of ether oxygens (including phenoxy) is 1. The molecule has 4 heteroatoms. The zero-order valence-corrected chi connectivity index (χ0v) is 13.6. The van der Waals surface area contributed by atoms with E-state index in [-0.39, 0.29) is 0 Å². The fourth-order valence-electron chi connectivity index (χ4n) is 3.48. The minimum absolute atomic E-state index is 0.443. The van der Waals surface area contributed by atoms with Crippen molar-refractivity contribution in [3.05, 3.63) is 29.6 Å². The smallest absolute Gasteiger partial charge is 0.111 e. The van der Waals surface area contributed by atoms with E-state index in [1.54, 1.807) is 0 Å². The van der Waals surface area contributed by atoms with Crippen molar-refractivity contribution in [3.8, 4) is 0 Å². The van der Waals surface area contributed by atoms with Gasteiger partial charge in [-0.1, -0.05) is 12.1 Å². The number of alkyl halides is 1. The second-order valence-electron chi connectivity index (χ2n) is 5.97. The predicted molar refractivity (Wildman–Crippen MR) is 87.1 cm³/mol. The van der Waals surface area contributed by atoms with Crippen molar-refractivity contribution in [2.24, 2.45) is 5.92 Å². The first-order chi connectivity index (χ1) is 10.2. The maximum Gasteiger partial charge on any atom is 0.111 e. The summed E-state index contributed by atoms with van der Waals surface area (Å²) >= 11 is 5.99. The lowest BCUT2D eigenvalue weighted by Crippen LogP contribution is -2.25. The van der Waals surface area contributed by atoms with E-state index in [2.05, 4.69) is 36.6 Å². The molecule has 1 aromatic heterocycles. The molecule has 2 aromatic rings. The van der Waals surface area contributed by atoms with Crippen molar-refractivity contribution in [1.29, 1.82) is 0 Å². The summed E-state index contributed by atoms with van der Waals surface area (Å²) in [4.78, 5) is 4.83. The van der Waals surface area contributed by atoms with Crippen LogP contribution in [0.15, 0.2) is 18.2 Å². The van der Waals surface area contributed by atoms with Gasteiger partial charge in [-0.2, -0.15) is 0 Å². The van der Waals surface area contributed by atoms with E-state index < -0.39 is 0 Å². The fraction of sp³-hybridized carbons (Fsp3) is 0.588. The predicted octanol–water partition coefficient (Wildman–Crippen LogP) is 4.11. The number of halogens is 1. The summed E-state index contributed by atoms with van der Waals surface area (Å²) in [5.41, 5.74) is 3.66. The van der Waals surface area contributed by atoms with Crippen molar-refractivity contribution in [1.82, 2.24) is 9.55 Å². The lowest BCUT2D eigenvalue weighted by molar-refractivity contribution is 0.0515. The molecule has 3 rings (SSSR count). The third-order valence-corrected chi connectivity index (χ3v) is 4.85. The maximum atomic E-state index is 5.99. The molecule has 3 nitrogen and oxygen atoms in total. The Kier molecular flexibility index (Phi) is 4.51. The van der Waals surface area contributed by atoms with Crippen molar-refractivity contribution in [2.45, 2.75) is 39.2 Å². The normalized spacial score (nSPS) is 18.2. The average Bonchev–Trinajstić information content (AvgIpc) is 2.87. The van der Waals surface area contributed by atoms with Crippen LogP contribution in [0.25, 0.3) is 11.0 Å². The minimum atomic E-state index is 0.443. The lowest BCUT2D eigenvalue weighted by Gasteiger charge is -2.30. The molecule has 0 aliphatic carbocycles. The Bertz CT molecular complexity index is 617. The number of nitrogens with zero attached hydrogens (tertiary/aromatic N) is 2. The molecule has 1 fully saturated rings. The number of benzene rings is 1. The first kappa shape index (κ1) is 14.9. The second kappa shape index (κ2) is 6.37. The van der Waals surface area contributed by atoms with Crippen LogP contribution in [0.4, 0.5) is 0 Å². The molecule has 1 aromatic carbocycles. The Balaban J connectivity index is 2.07. The Morgan fingerprint density at radius 2 is 2.14 bits per heavy atom. The van der Waals surface area contributed by atoms with Gasteiger partial charge in [0.15, 0.2) is 0 Å². The van der Waals surface area contributed by atoms with Crippen LogP contribution in [0.2, 0.25) is 0 Å². The molecule has 0 spiro atoms. The number of imidazole rings is 1. The van der Waals surface area contributed by atoms with E-state index in [1.807, 2.05) is 0 Å². The number of aromatic nitrogens is 2. The molecule has 0 bridgehead atoms. The van der Waals surface area contributed by atoms with E-state index in [4.69, 9.17) is 21.3 Å². The van der Waals surface area contributed by atoms with Gasteiger partial charge < -0.3 is 9.30 Å². The van der Waals surface area contributed by atoms with E-state index in [0.29, 0.717) is 17.8 Å². The van der Waals surface area contributed by atoms with Crippen LogP contribution in [-0.2, 0) is 11.2 Å². The Morgan fingerprint density at radius 3 is 2.86 bits per heavy atom. The Morgan fingerprint density at radius 1 is 1.38 bits per heavy atom. The highest BCUT2D eigenvalue weighted by molar-refractivity contribution is 6.17. The SMILES string of the molecule is Cc1cccc2nc(CCCl)n(C(C)C3CCOCC3)c12. The maximum absolute atomic E-state index is 5.99. The Labute approximate surface area is 131 Å². The molecule has 0 radical (unpaired) electrons. The van der Waals surface area contributed by atoms with E-state index in [0.717, 1.165) is 43.8 Å². The van der Waals surface area contributed by atoms with E-state index in [1.165, 1.54) is 11.1 Å². The first-order valence-corrected chi connectivity index (χ1v) is 8.36. The van der Waals surface area contributed by atoms with Gasteiger partial charge in [0.2, 0.25) is 0 Å². The Hall–Kier alpha value is -1.06. The highest BCUT2D eigenvalue weighted by atomic mass is 35.5. The molecule has 114 valence electrons. The van der Waals surface area contributed by atoms with Gasteiger partial charge in [0, 0.05) is 31.6 Å². The van der Waals surface area contributed by atoms with Gasteiger partial charge in [-0.15, -0.1) is 11.6 Å². The quantitative estimate of drug-likeness (QED) is 0.795. The van der Waals surface area contributed by atoms with Crippen molar-refractivity contribution in [2.75, 3.05) is 19.1 Å². The van der Waals surface area contributed by atoms with E-state index >= 15 is 0 Å². The van der Waals surface area contributed by atoms with Crippen molar-refractivity contribution < 1.29 is 4.74 Å². The summed E-state index contributed by atoms with van der Waals surface area (Å²) in [6.07, 6.45) is 3.09. The van der Waals surface area contributed by atoms with Crippen LogP contribution in [0.1, 0.15) is 37.2 Å². The lowest BCUT2D eigenvalue weighted by atomic mass is 9.92. The minimum Gasteiger partial charge on any atom is -0.381 e. The van der Waals surface area contributed by atoms with Gasteiger partial charge in [0.05, 0.1) is 11.0 Å². The summed E-state index contributed by atoms with van der Waals surface area (Å²) in [5.74, 6) is 2.39. The highest BCUT2D eigenvalue weighted by Gasteiger charge is 2.25. The zero-order chi connectivity index (χ0) is 14.8. The molecule has 0 amide bonds. The third kappa shape index (κ3) is 2.82. The molecule has 0 N–H and O–H groups in total. The number of hydrogen-bond donors (Lipinski definition) is 0. The zero-order valence-electron chi connectivity index (χ0n) is 12.8. The fourth-order valence-corrected chi connectivity index (χ4v) is 3.65. The average molecular weight is 307 g/mol. The molecule has 1 saturated heterocycles. The molecule has 1 atom stereocenters.